The molecule has 0 fully saturated rings. The summed E-state index contributed by atoms with van der Waals surface area (Å²) in [4.78, 5) is 4.72. The molecule has 0 spiro atoms. The van der Waals surface area contributed by atoms with Gasteiger partial charge in [-0.3, -0.25) is 0 Å². The molecule has 0 aromatic heterocycles. The van der Waals surface area contributed by atoms with Crippen LogP contribution >= 0.6 is 0 Å². The number of fused-ring (bicyclic) bond motifs is 5. The van der Waals surface area contributed by atoms with Crippen molar-refractivity contribution in [3.63, 3.8) is 0 Å². The van der Waals surface area contributed by atoms with E-state index in [1.165, 1.54) is 38.9 Å². The van der Waals surface area contributed by atoms with Crippen LogP contribution < -0.4 is 14.5 Å². The van der Waals surface area contributed by atoms with Gasteiger partial charge in [-0.25, -0.2) is 0 Å². The first kappa shape index (κ1) is 37.6. The Morgan fingerprint density at radius 3 is 1.58 bits per heavy atom. The molecule has 0 saturated carbocycles. The lowest BCUT2D eigenvalue weighted by molar-refractivity contribution is 0.488. The summed E-state index contributed by atoms with van der Waals surface area (Å²) < 4.78 is 7.37. The minimum atomic E-state index is -0.163. The maximum Gasteiger partial charge on any atom is 0.159 e. The molecular weight excluding hydrogens is 777 g/mol. The fourth-order valence-electron chi connectivity index (χ4n) is 10.1. The molecule has 1 aliphatic carbocycles. The van der Waals surface area contributed by atoms with Gasteiger partial charge in [-0.05, 0) is 111 Å². The molecule has 0 amide bonds. The predicted octanol–water partition coefficient (Wildman–Crippen LogP) is 17.2. The van der Waals surface area contributed by atoms with Crippen LogP contribution in [0.1, 0.15) is 25.0 Å². The molecule has 12 rings (SSSR count). The van der Waals surface area contributed by atoms with Crippen molar-refractivity contribution in [2.75, 3.05) is 9.80 Å². The van der Waals surface area contributed by atoms with Crippen molar-refractivity contribution in [2.24, 2.45) is 0 Å². The van der Waals surface area contributed by atoms with Crippen LogP contribution in [0, 0.1) is 0 Å². The second kappa shape index (κ2) is 15.0. The molecule has 0 bridgehead atoms. The minimum absolute atomic E-state index is 0.163. The van der Waals surface area contributed by atoms with Gasteiger partial charge in [0.05, 0.1) is 11.4 Å². The lowest BCUT2D eigenvalue weighted by atomic mass is 9.82. The summed E-state index contributed by atoms with van der Waals surface area (Å²) in [5.41, 5.74) is 18.3. The molecule has 1 heterocycles. The molecule has 3 heteroatoms. The molecule has 1 aliphatic heterocycles. The largest absolute Gasteiger partial charge is 0.454 e. The third-order valence-corrected chi connectivity index (χ3v) is 13.2. The number of rotatable bonds is 8. The molecule has 0 N–H and O–H groups in total. The molecular formula is C61H44N2O. The zero-order valence-electron chi connectivity index (χ0n) is 35.7. The third-order valence-electron chi connectivity index (χ3n) is 13.2. The number of anilines is 6. The molecule has 3 nitrogen and oxygen atoms in total. The Labute approximate surface area is 374 Å². The summed E-state index contributed by atoms with van der Waals surface area (Å²) in [7, 11) is 0. The number of nitrogens with zero attached hydrogens (tertiary/aromatic N) is 2. The van der Waals surface area contributed by atoms with E-state index in [0.717, 1.165) is 73.1 Å². The van der Waals surface area contributed by atoms with E-state index in [-0.39, 0.29) is 5.41 Å². The summed E-state index contributed by atoms with van der Waals surface area (Å²) in [6.07, 6.45) is 0. The van der Waals surface area contributed by atoms with Gasteiger partial charge in [0.2, 0.25) is 0 Å². The van der Waals surface area contributed by atoms with E-state index >= 15 is 0 Å². The normalized spacial score (nSPS) is 12.8. The lowest BCUT2D eigenvalue weighted by Gasteiger charge is -2.33. The monoisotopic (exact) mass is 820 g/mol. The van der Waals surface area contributed by atoms with Gasteiger partial charge in [0.25, 0.3) is 0 Å². The molecule has 0 saturated heterocycles. The van der Waals surface area contributed by atoms with E-state index in [9.17, 15) is 0 Å². The Hall–Kier alpha value is -8.14. The average molecular weight is 821 g/mol. The third kappa shape index (κ3) is 6.12. The summed E-state index contributed by atoms with van der Waals surface area (Å²) in [6.45, 7) is 4.70. The van der Waals surface area contributed by atoms with Crippen molar-refractivity contribution in [3.05, 3.63) is 242 Å². The van der Waals surface area contributed by atoms with Crippen LogP contribution in [0.15, 0.2) is 231 Å². The van der Waals surface area contributed by atoms with Crippen LogP contribution in [0.2, 0.25) is 0 Å². The summed E-state index contributed by atoms with van der Waals surface area (Å²) in [5, 5.41) is 2.25. The van der Waals surface area contributed by atoms with Crippen LogP contribution in [0.4, 0.5) is 34.1 Å². The summed E-state index contributed by atoms with van der Waals surface area (Å²) in [6, 6.07) is 83.0. The summed E-state index contributed by atoms with van der Waals surface area (Å²) in [5.74, 6) is 1.66. The van der Waals surface area contributed by atoms with Crippen molar-refractivity contribution in [2.45, 2.75) is 19.3 Å². The zero-order chi connectivity index (χ0) is 42.8. The smallest absolute Gasteiger partial charge is 0.159 e. The maximum absolute atomic E-state index is 7.37. The van der Waals surface area contributed by atoms with Crippen LogP contribution in [-0.4, -0.2) is 0 Å². The van der Waals surface area contributed by atoms with Gasteiger partial charge in [0.1, 0.15) is 5.75 Å². The highest BCUT2D eigenvalue weighted by molar-refractivity contribution is 6.09. The fraction of sp³-hybridized carbons (Fsp3) is 0.0492. The van der Waals surface area contributed by atoms with Gasteiger partial charge in [-0.15, -0.1) is 0 Å². The standard InChI is InChI=1S/C61H44N2O/c1-61(2)53-25-13-12-23-52(53)59-54(61)26-15-27-55(59)63(48-35-32-44(33-36-48)43-30-28-42(29-31-43)41-16-6-3-7-17-41)56-39-34-45-18-14-24-51-50-38-37-49(40-57(50)64-60(56)58(45)51)62(46-19-8-4-9-20-46)47-21-10-5-11-22-47/h3-40H,1-2H3. The van der Waals surface area contributed by atoms with Gasteiger partial charge >= 0.3 is 0 Å². The first-order valence-electron chi connectivity index (χ1n) is 22.1. The Bertz CT molecular complexity index is 3320. The molecule has 0 atom stereocenters. The van der Waals surface area contributed by atoms with E-state index < -0.39 is 0 Å². The van der Waals surface area contributed by atoms with Gasteiger partial charge in [-0.1, -0.05) is 178 Å². The van der Waals surface area contributed by atoms with Gasteiger partial charge in [0.15, 0.2) is 5.75 Å². The molecule has 2 aliphatic rings. The second-order valence-electron chi connectivity index (χ2n) is 17.3. The first-order chi connectivity index (χ1) is 31.5. The van der Waals surface area contributed by atoms with Crippen molar-refractivity contribution in [1.82, 2.24) is 0 Å². The van der Waals surface area contributed by atoms with Crippen LogP contribution in [-0.2, 0) is 5.41 Å². The molecule has 10 aromatic carbocycles. The highest BCUT2D eigenvalue weighted by atomic mass is 16.5. The number of para-hydroxylation sites is 2. The van der Waals surface area contributed by atoms with E-state index in [2.05, 4.69) is 254 Å². The zero-order valence-corrected chi connectivity index (χ0v) is 35.7. The quantitative estimate of drug-likeness (QED) is 0.152. The van der Waals surface area contributed by atoms with Crippen molar-refractivity contribution < 1.29 is 4.74 Å². The minimum Gasteiger partial charge on any atom is -0.454 e. The topological polar surface area (TPSA) is 15.7 Å². The number of hydrogen-bond donors (Lipinski definition) is 0. The van der Waals surface area contributed by atoms with Gasteiger partial charge < -0.3 is 14.5 Å². The van der Waals surface area contributed by atoms with Gasteiger partial charge in [-0.2, -0.15) is 0 Å². The Balaban J connectivity index is 1.03. The number of hydrogen-bond acceptors (Lipinski definition) is 3. The second-order valence-corrected chi connectivity index (χ2v) is 17.3. The number of benzene rings is 10. The predicted molar refractivity (Wildman–Crippen MR) is 267 cm³/mol. The van der Waals surface area contributed by atoms with Crippen molar-refractivity contribution >= 4 is 44.9 Å². The van der Waals surface area contributed by atoms with Crippen molar-refractivity contribution in [3.8, 4) is 56.0 Å². The van der Waals surface area contributed by atoms with Crippen LogP contribution in [0.5, 0.6) is 11.5 Å². The first-order valence-corrected chi connectivity index (χ1v) is 22.1. The van der Waals surface area contributed by atoms with Crippen LogP contribution in [0.3, 0.4) is 0 Å². The molecule has 304 valence electrons. The Morgan fingerprint density at radius 1 is 0.359 bits per heavy atom. The molecule has 10 aromatic rings. The Kier molecular flexibility index (Phi) is 8.84. The SMILES string of the molecule is CC1(C)c2ccccc2-c2c(N(c3ccc(-c4ccc(-c5ccccc5)cc4)cc3)c3ccc4cccc5c4c3Oc3cc(N(c4ccccc4)c4ccccc4)ccc3-5)cccc21. The van der Waals surface area contributed by atoms with E-state index in [4.69, 9.17) is 4.74 Å². The van der Waals surface area contributed by atoms with Gasteiger partial charge in [0, 0.05) is 50.7 Å². The molecule has 64 heavy (non-hydrogen) atoms. The summed E-state index contributed by atoms with van der Waals surface area (Å²) >= 11 is 0. The highest BCUT2D eigenvalue weighted by Crippen LogP contribution is 2.58. The number of ether oxygens (including phenoxy) is 1. The fourth-order valence-corrected chi connectivity index (χ4v) is 10.1. The maximum atomic E-state index is 7.37. The lowest BCUT2D eigenvalue weighted by Crippen LogP contribution is -2.16. The highest BCUT2D eigenvalue weighted by Gasteiger charge is 2.38. The average Bonchev–Trinajstić information content (AvgIpc) is 3.59. The van der Waals surface area contributed by atoms with Crippen molar-refractivity contribution in [1.29, 1.82) is 0 Å². The van der Waals surface area contributed by atoms with E-state index in [1.54, 1.807) is 0 Å². The molecule has 0 unspecified atom stereocenters. The van der Waals surface area contributed by atoms with E-state index in [0.29, 0.717) is 0 Å². The van der Waals surface area contributed by atoms with E-state index in [1.807, 2.05) is 0 Å². The Morgan fingerprint density at radius 2 is 0.891 bits per heavy atom. The molecule has 0 radical (unpaired) electrons. The van der Waals surface area contributed by atoms with Crippen LogP contribution in [0.25, 0.3) is 55.3 Å².